The van der Waals surface area contributed by atoms with E-state index in [0.29, 0.717) is 5.95 Å². The molecule has 0 fully saturated rings. The molecule has 0 spiro atoms. The Hall–Kier alpha value is -1.82. The first-order valence-corrected chi connectivity index (χ1v) is 6.33. The maximum atomic E-state index is 11.9. The van der Waals surface area contributed by atoms with Gasteiger partial charge in [-0.25, -0.2) is 9.97 Å². The van der Waals surface area contributed by atoms with Gasteiger partial charge in [-0.2, -0.15) is 0 Å². The van der Waals surface area contributed by atoms with Gasteiger partial charge in [-0.3, -0.25) is 10.1 Å². The van der Waals surface area contributed by atoms with Gasteiger partial charge in [0, 0.05) is 17.3 Å². The molecule has 94 valence electrons. The number of carbonyl (C=O) groups excluding carboxylic acids is 1. The second-order valence-corrected chi connectivity index (χ2v) is 5.05. The second kappa shape index (κ2) is 5.68. The summed E-state index contributed by atoms with van der Waals surface area (Å²) < 4.78 is 5.19. The molecule has 5 nitrogen and oxygen atoms in total. The number of nitrogens with one attached hydrogen (secondary N) is 1. The van der Waals surface area contributed by atoms with E-state index in [2.05, 4.69) is 15.3 Å². The molecule has 2 aromatic heterocycles. The zero-order valence-corrected chi connectivity index (χ0v) is 10.9. The van der Waals surface area contributed by atoms with Crippen molar-refractivity contribution >= 4 is 23.6 Å². The molecule has 2 rings (SSSR count). The Balaban J connectivity index is 1.95. The van der Waals surface area contributed by atoms with Crippen molar-refractivity contribution < 1.29 is 9.21 Å². The summed E-state index contributed by atoms with van der Waals surface area (Å²) in [6.07, 6.45) is 4.78. The van der Waals surface area contributed by atoms with E-state index in [4.69, 9.17) is 4.42 Å². The van der Waals surface area contributed by atoms with E-state index in [0.717, 1.165) is 10.7 Å². The predicted octanol–water partition coefficient (Wildman–Crippen LogP) is 2.50. The SMILES string of the molecule is Cc1occc1S[C@H](C)C(=O)Nc1ncccn1. The van der Waals surface area contributed by atoms with Gasteiger partial charge in [0.05, 0.1) is 11.5 Å². The van der Waals surface area contributed by atoms with Crippen LogP contribution >= 0.6 is 11.8 Å². The summed E-state index contributed by atoms with van der Waals surface area (Å²) in [6.45, 7) is 3.70. The average Bonchev–Trinajstić information content (AvgIpc) is 2.76. The maximum Gasteiger partial charge on any atom is 0.239 e. The number of amides is 1. The molecule has 2 aromatic rings. The van der Waals surface area contributed by atoms with Gasteiger partial charge in [0.25, 0.3) is 0 Å². The fourth-order valence-electron chi connectivity index (χ4n) is 1.32. The third kappa shape index (κ3) is 3.10. The van der Waals surface area contributed by atoms with E-state index in [9.17, 15) is 4.79 Å². The van der Waals surface area contributed by atoms with Gasteiger partial charge in [-0.15, -0.1) is 11.8 Å². The molecule has 0 aromatic carbocycles. The molecular formula is C12H13N3O2S. The Kier molecular flexibility index (Phi) is 3.99. The van der Waals surface area contributed by atoms with Crippen molar-refractivity contribution in [2.24, 2.45) is 0 Å². The normalized spacial score (nSPS) is 12.1. The van der Waals surface area contributed by atoms with E-state index in [1.54, 1.807) is 24.7 Å². The number of rotatable bonds is 4. The minimum atomic E-state index is -0.245. The minimum absolute atomic E-state index is 0.133. The molecule has 0 saturated carbocycles. The quantitative estimate of drug-likeness (QED) is 0.858. The van der Waals surface area contributed by atoms with Crippen LogP contribution in [0, 0.1) is 6.92 Å². The van der Waals surface area contributed by atoms with Crippen molar-refractivity contribution in [2.75, 3.05) is 5.32 Å². The van der Waals surface area contributed by atoms with Gasteiger partial charge in [-0.05, 0) is 26.0 Å². The van der Waals surface area contributed by atoms with E-state index >= 15 is 0 Å². The van der Waals surface area contributed by atoms with Gasteiger partial charge < -0.3 is 4.42 Å². The molecule has 0 aliphatic carbocycles. The molecule has 0 aliphatic rings. The first-order chi connectivity index (χ1) is 8.66. The number of hydrogen-bond acceptors (Lipinski definition) is 5. The van der Waals surface area contributed by atoms with E-state index in [1.165, 1.54) is 11.8 Å². The Bertz CT molecular complexity index is 527. The first-order valence-electron chi connectivity index (χ1n) is 5.45. The lowest BCUT2D eigenvalue weighted by Gasteiger charge is -2.09. The average molecular weight is 263 g/mol. The molecule has 0 radical (unpaired) electrons. The molecule has 1 amide bonds. The van der Waals surface area contributed by atoms with Crippen LogP contribution in [0.15, 0.2) is 40.1 Å². The topological polar surface area (TPSA) is 68.0 Å². The summed E-state index contributed by atoms with van der Waals surface area (Å²) in [4.78, 5) is 20.8. The second-order valence-electron chi connectivity index (χ2n) is 3.66. The first kappa shape index (κ1) is 12.6. The van der Waals surface area contributed by atoms with Crippen molar-refractivity contribution in [3.05, 3.63) is 36.5 Å². The standard InChI is InChI=1S/C12H13N3O2S/c1-8-10(4-7-17-8)18-9(2)11(16)15-12-13-5-3-6-14-12/h3-7,9H,1-2H3,(H,13,14,15,16)/t9-/m1/s1. The summed E-state index contributed by atoms with van der Waals surface area (Å²) in [7, 11) is 0. The Morgan fingerprint density at radius 2 is 2.17 bits per heavy atom. The number of nitrogens with zero attached hydrogens (tertiary/aromatic N) is 2. The number of aromatic nitrogens is 2. The highest BCUT2D eigenvalue weighted by Gasteiger charge is 2.17. The lowest BCUT2D eigenvalue weighted by atomic mass is 10.4. The predicted molar refractivity (Wildman–Crippen MR) is 69.4 cm³/mol. The molecule has 0 unspecified atom stereocenters. The number of hydrogen-bond donors (Lipinski definition) is 1. The van der Waals surface area contributed by atoms with E-state index in [-0.39, 0.29) is 11.2 Å². The molecule has 18 heavy (non-hydrogen) atoms. The van der Waals surface area contributed by atoms with Crippen molar-refractivity contribution in [3.63, 3.8) is 0 Å². The molecule has 2 heterocycles. The van der Waals surface area contributed by atoms with Crippen LogP contribution in [0.2, 0.25) is 0 Å². The number of thioether (sulfide) groups is 1. The van der Waals surface area contributed by atoms with Crippen LogP contribution in [0.4, 0.5) is 5.95 Å². The summed E-state index contributed by atoms with van der Waals surface area (Å²) >= 11 is 1.44. The smallest absolute Gasteiger partial charge is 0.239 e. The van der Waals surface area contributed by atoms with Crippen molar-refractivity contribution in [2.45, 2.75) is 24.0 Å². The fourth-order valence-corrected chi connectivity index (χ4v) is 2.21. The number of furan rings is 1. The van der Waals surface area contributed by atoms with Crippen molar-refractivity contribution in [1.82, 2.24) is 9.97 Å². The lowest BCUT2D eigenvalue weighted by Crippen LogP contribution is -2.23. The van der Waals surface area contributed by atoms with Crippen molar-refractivity contribution in [3.8, 4) is 0 Å². The fraction of sp³-hybridized carbons (Fsp3) is 0.250. The number of anilines is 1. The summed E-state index contributed by atoms with van der Waals surface area (Å²) in [6, 6.07) is 3.55. The Morgan fingerprint density at radius 1 is 1.44 bits per heavy atom. The summed E-state index contributed by atoms with van der Waals surface area (Å²) in [5.74, 6) is 1.00. The third-order valence-electron chi connectivity index (χ3n) is 2.28. The zero-order valence-electron chi connectivity index (χ0n) is 10.1. The Morgan fingerprint density at radius 3 is 2.78 bits per heavy atom. The van der Waals surface area contributed by atoms with Crippen LogP contribution in [0.3, 0.4) is 0 Å². The van der Waals surface area contributed by atoms with E-state index in [1.807, 2.05) is 19.9 Å². The third-order valence-corrected chi connectivity index (χ3v) is 3.53. The minimum Gasteiger partial charge on any atom is -0.468 e. The summed E-state index contributed by atoms with van der Waals surface area (Å²) in [5.41, 5.74) is 0. The molecule has 0 aliphatic heterocycles. The Labute approximate surface area is 109 Å². The van der Waals surface area contributed by atoms with Crippen LogP contribution in [0.25, 0.3) is 0 Å². The monoisotopic (exact) mass is 263 g/mol. The highest BCUT2D eigenvalue weighted by atomic mass is 32.2. The van der Waals surface area contributed by atoms with Gasteiger partial charge in [0.2, 0.25) is 11.9 Å². The molecule has 1 N–H and O–H groups in total. The molecular weight excluding hydrogens is 250 g/mol. The molecule has 6 heteroatoms. The van der Waals surface area contributed by atoms with Crippen LogP contribution in [-0.4, -0.2) is 21.1 Å². The zero-order chi connectivity index (χ0) is 13.0. The number of aryl methyl sites for hydroxylation is 1. The van der Waals surface area contributed by atoms with Gasteiger partial charge in [0.1, 0.15) is 5.76 Å². The lowest BCUT2D eigenvalue weighted by molar-refractivity contribution is -0.115. The summed E-state index contributed by atoms with van der Waals surface area (Å²) in [5, 5.41) is 2.42. The number of carbonyl (C=O) groups is 1. The highest BCUT2D eigenvalue weighted by Crippen LogP contribution is 2.27. The maximum absolute atomic E-state index is 11.9. The van der Waals surface area contributed by atoms with Gasteiger partial charge in [0.15, 0.2) is 0 Å². The largest absolute Gasteiger partial charge is 0.468 e. The molecule has 1 atom stereocenters. The van der Waals surface area contributed by atoms with Crippen LogP contribution in [0.1, 0.15) is 12.7 Å². The van der Waals surface area contributed by atoms with Crippen LogP contribution in [0.5, 0.6) is 0 Å². The van der Waals surface area contributed by atoms with Crippen molar-refractivity contribution in [1.29, 1.82) is 0 Å². The highest BCUT2D eigenvalue weighted by molar-refractivity contribution is 8.00. The molecule has 0 bridgehead atoms. The van der Waals surface area contributed by atoms with Crippen LogP contribution < -0.4 is 5.32 Å². The van der Waals surface area contributed by atoms with E-state index < -0.39 is 0 Å². The molecule has 0 saturated heterocycles. The van der Waals surface area contributed by atoms with Crippen LogP contribution in [-0.2, 0) is 4.79 Å². The van der Waals surface area contributed by atoms with Gasteiger partial charge >= 0.3 is 0 Å². The van der Waals surface area contributed by atoms with Gasteiger partial charge in [-0.1, -0.05) is 0 Å².